The molecule has 0 unspecified atom stereocenters. The molecular weight excluding hydrogens is 527 g/mol. The molecule has 1 saturated carbocycles. The van der Waals surface area contributed by atoms with E-state index >= 15 is 4.39 Å². The first-order valence-corrected chi connectivity index (χ1v) is 15.5. The van der Waals surface area contributed by atoms with E-state index in [0.717, 1.165) is 93.7 Å². The average Bonchev–Trinajstić information content (AvgIpc) is 3.71. The lowest BCUT2D eigenvalue weighted by molar-refractivity contribution is 0.158. The fourth-order valence-electron chi connectivity index (χ4n) is 6.88. The van der Waals surface area contributed by atoms with Crippen LogP contribution in [0.3, 0.4) is 0 Å². The summed E-state index contributed by atoms with van der Waals surface area (Å²) in [6.45, 7) is 6.86. The largest absolute Gasteiger partial charge is 0.369 e. The molecule has 7 rings (SSSR count). The van der Waals surface area contributed by atoms with Gasteiger partial charge in [0.15, 0.2) is 5.43 Å². The zero-order chi connectivity index (χ0) is 28.6. The molecular formula is C34H39FN6O. The van der Waals surface area contributed by atoms with Crippen LogP contribution in [0.1, 0.15) is 61.4 Å². The first-order valence-electron chi connectivity index (χ1n) is 15.5. The third-order valence-electron chi connectivity index (χ3n) is 9.21. The van der Waals surface area contributed by atoms with Crippen LogP contribution in [-0.4, -0.2) is 51.7 Å². The summed E-state index contributed by atoms with van der Waals surface area (Å²) in [6, 6.07) is 12.4. The van der Waals surface area contributed by atoms with Crippen molar-refractivity contribution in [3.05, 3.63) is 94.0 Å². The number of aromatic nitrogens is 3. The van der Waals surface area contributed by atoms with E-state index in [1.54, 1.807) is 0 Å². The van der Waals surface area contributed by atoms with E-state index in [4.69, 9.17) is 0 Å². The Morgan fingerprint density at radius 1 is 0.976 bits per heavy atom. The fourth-order valence-corrected chi connectivity index (χ4v) is 6.88. The Hall–Kier alpha value is -3.78. The lowest BCUT2D eigenvalue weighted by atomic mass is 10.0. The highest BCUT2D eigenvalue weighted by Crippen LogP contribution is 2.38. The Morgan fingerprint density at radius 3 is 2.57 bits per heavy atom. The zero-order valence-electron chi connectivity index (χ0n) is 24.4. The Kier molecular flexibility index (Phi) is 7.40. The van der Waals surface area contributed by atoms with Gasteiger partial charge in [0.25, 0.3) is 0 Å². The smallest absolute Gasteiger partial charge is 0.193 e. The molecule has 0 bridgehead atoms. The van der Waals surface area contributed by atoms with E-state index in [0.29, 0.717) is 23.7 Å². The Balaban J connectivity index is 1.26. The molecule has 3 aliphatic rings. The number of anilines is 2. The van der Waals surface area contributed by atoms with Gasteiger partial charge in [0.2, 0.25) is 0 Å². The van der Waals surface area contributed by atoms with Crippen LogP contribution < -0.4 is 15.2 Å². The van der Waals surface area contributed by atoms with Crippen molar-refractivity contribution < 1.29 is 4.39 Å². The zero-order valence-corrected chi connectivity index (χ0v) is 24.4. The second kappa shape index (κ2) is 11.5. The molecule has 218 valence electrons. The Labute approximate surface area is 246 Å². The van der Waals surface area contributed by atoms with Crippen molar-refractivity contribution in [2.24, 2.45) is 0 Å². The van der Waals surface area contributed by atoms with Crippen LogP contribution in [0.25, 0.3) is 10.9 Å². The minimum atomic E-state index is -0.287. The number of halogens is 1. The topological polar surface area (TPSA) is 57.5 Å². The third kappa shape index (κ3) is 5.52. The monoisotopic (exact) mass is 566 g/mol. The highest BCUT2D eigenvalue weighted by molar-refractivity contribution is 5.84. The fraction of sp³-hybridized carbons (Fsp3) is 0.441. The molecule has 0 radical (unpaired) electrons. The van der Waals surface area contributed by atoms with E-state index in [1.165, 1.54) is 11.6 Å². The third-order valence-corrected chi connectivity index (χ3v) is 9.21. The quantitative estimate of drug-likeness (QED) is 0.267. The maximum absolute atomic E-state index is 15.5. The number of fused-ring (bicyclic) bond motifs is 1. The van der Waals surface area contributed by atoms with Gasteiger partial charge < -0.3 is 14.4 Å². The standard InChI is InChI=1S/C34H39FN6O/c1-24-16-25(10-12-37-24)20-40(29-7-5-15-39(23-29)28-6-4-11-36-19-28)21-26-22-41(27-8-9-27)32-18-33(38-13-2-3-14-38)31(35)17-30(32)34(26)42/h4,6,10-12,16-19,22,27,29H,2-3,5,7-9,13-15,20-21,23H2,1H3/t29-/m0/s1. The molecule has 2 aliphatic heterocycles. The second-order valence-corrected chi connectivity index (χ2v) is 12.3. The van der Waals surface area contributed by atoms with Crippen molar-refractivity contribution in [1.29, 1.82) is 0 Å². The van der Waals surface area contributed by atoms with Crippen LogP contribution in [0.5, 0.6) is 0 Å². The summed E-state index contributed by atoms with van der Waals surface area (Å²) in [4.78, 5) is 29.8. The van der Waals surface area contributed by atoms with Gasteiger partial charge in [0, 0.05) is 86.6 Å². The number of benzene rings is 1. The number of hydrogen-bond donors (Lipinski definition) is 0. The van der Waals surface area contributed by atoms with Gasteiger partial charge in [-0.1, -0.05) is 0 Å². The van der Waals surface area contributed by atoms with Gasteiger partial charge >= 0.3 is 0 Å². The van der Waals surface area contributed by atoms with Crippen molar-refractivity contribution >= 4 is 22.3 Å². The van der Waals surface area contributed by atoms with Crippen LogP contribution in [0.2, 0.25) is 0 Å². The van der Waals surface area contributed by atoms with Crippen LogP contribution in [0, 0.1) is 12.7 Å². The van der Waals surface area contributed by atoms with Gasteiger partial charge in [-0.2, -0.15) is 0 Å². The minimum absolute atomic E-state index is 0.0513. The average molecular weight is 567 g/mol. The van der Waals surface area contributed by atoms with Crippen molar-refractivity contribution in [3.63, 3.8) is 0 Å². The van der Waals surface area contributed by atoms with Crippen LogP contribution in [0.4, 0.5) is 15.8 Å². The first kappa shape index (κ1) is 27.1. The predicted molar refractivity (Wildman–Crippen MR) is 166 cm³/mol. The molecule has 0 spiro atoms. The van der Waals surface area contributed by atoms with Gasteiger partial charge in [-0.25, -0.2) is 4.39 Å². The van der Waals surface area contributed by atoms with E-state index in [1.807, 2.05) is 37.6 Å². The molecule has 0 amide bonds. The predicted octanol–water partition coefficient (Wildman–Crippen LogP) is 5.85. The minimum Gasteiger partial charge on any atom is -0.369 e. The number of piperidine rings is 1. The molecule has 0 N–H and O–H groups in total. The lowest BCUT2D eigenvalue weighted by Gasteiger charge is -2.40. The molecule has 8 heteroatoms. The SMILES string of the molecule is Cc1cc(CN(Cc2cn(C3CC3)c3cc(N4CCCC4)c(F)cc3c2=O)[C@H]2CCCN(c3cccnc3)C2)ccn1. The van der Waals surface area contributed by atoms with Crippen molar-refractivity contribution in [2.45, 2.75) is 70.6 Å². The van der Waals surface area contributed by atoms with Crippen molar-refractivity contribution in [1.82, 2.24) is 19.4 Å². The second-order valence-electron chi connectivity index (χ2n) is 12.3. The summed E-state index contributed by atoms with van der Waals surface area (Å²) in [5.74, 6) is -0.287. The Morgan fingerprint density at radius 2 is 1.81 bits per heavy atom. The lowest BCUT2D eigenvalue weighted by Crippen LogP contribution is -2.48. The number of pyridine rings is 3. The molecule has 1 aromatic carbocycles. The van der Waals surface area contributed by atoms with Crippen LogP contribution >= 0.6 is 0 Å². The summed E-state index contributed by atoms with van der Waals surface area (Å²) in [7, 11) is 0. The number of rotatable bonds is 8. The van der Waals surface area contributed by atoms with Gasteiger partial charge in [0.1, 0.15) is 5.82 Å². The summed E-state index contributed by atoms with van der Waals surface area (Å²) < 4.78 is 17.8. The van der Waals surface area contributed by atoms with E-state index in [9.17, 15) is 4.79 Å². The van der Waals surface area contributed by atoms with E-state index < -0.39 is 0 Å². The summed E-state index contributed by atoms with van der Waals surface area (Å²) in [5.41, 5.74) is 5.49. The van der Waals surface area contributed by atoms with Gasteiger partial charge in [-0.05, 0) is 87.4 Å². The maximum atomic E-state index is 15.5. The first-order chi connectivity index (χ1) is 20.5. The molecule has 7 nitrogen and oxygen atoms in total. The highest BCUT2D eigenvalue weighted by Gasteiger charge is 2.30. The van der Waals surface area contributed by atoms with E-state index in [2.05, 4.69) is 53.6 Å². The molecule has 1 atom stereocenters. The van der Waals surface area contributed by atoms with Crippen LogP contribution in [0.15, 0.2) is 66.0 Å². The van der Waals surface area contributed by atoms with Crippen LogP contribution in [-0.2, 0) is 13.1 Å². The molecule has 3 aromatic heterocycles. The Bertz CT molecular complexity index is 1630. The summed E-state index contributed by atoms with van der Waals surface area (Å²) in [5, 5.41) is 0.500. The molecule has 42 heavy (non-hydrogen) atoms. The van der Waals surface area contributed by atoms with Gasteiger partial charge in [0.05, 0.1) is 23.1 Å². The summed E-state index contributed by atoms with van der Waals surface area (Å²) in [6.07, 6.45) is 14.2. The molecule has 1 aliphatic carbocycles. The van der Waals surface area contributed by atoms with Gasteiger partial charge in [-0.15, -0.1) is 0 Å². The normalized spacial score (nSPS) is 19.3. The number of nitrogens with zero attached hydrogens (tertiary/aromatic N) is 6. The summed E-state index contributed by atoms with van der Waals surface area (Å²) >= 11 is 0. The number of aryl methyl sites for hydroxylation is 1. The van der Waals surface area contributed by atoms with Crippen molar-refractivity contribution in [2.75, 3.05) is 36.0 Å². The highest BCUT2D eigenvalue weighted by atomic mass is 19.1. The molecule has 2 saturated heterocycles. The molecule has 5 heterocycles. The maximum Gasteiger partial charge on any atom is 0.193 e. The van der Waals surface area contributed by atoms with E-state index in [-0.39, 0.29) is 17.3 Å². The number of hydrogen-bond acceptors (Lipinski definition) is 6. The van der Waals surface area contributed by atoms with Crippen molar-refractivity contribution in [3.8, 4) is 0 Å². The van der Waals surface area contributed by atoms with Gasteiger partial charge in [-0.3, -0.25) is 19.7 Å². The molecule has 3 fully saturated rings. The molecule has 4 aromatic rings.